The first-order chi connectivity index (χ1) is 59.6. The number of aldehydes is 1. The zero-order chi connectivity index (χ0) is 92.6. The summed E-state index contributed by atoms with van der Waals surface area (Å²) >= 11 is 96.2. The van der Waals surface area contributed by atoms with E-state index in [1.165, 1.54) is 30.3 Å². The number of methoxy groups -OCH3 is 4. The summed E-state index contributed by atoms with van der Waals surface area (Å²) in [6, 6.07) is 53.6. The normalized spacial score (nSPS) is 16.8. The molecule has 0 saturated carbocycles. The summed E-state index contributed by atoms with van der Waals surface area (Å²) in [5.41, 5.74) is 7.73. The minimum absolute atomic E-state index is 0. The third kappa shape index (κ3) is 41.4. The third-order valence-electron chi connectivity index (χ3n) is 19.8. The Balaban J connectivity index is 0.000000755. The smallest absolute Gasteiger partial charge is 1.00 e. The third-order valence-corrected chi connectivity index (χ3v) is 24.4. The van der Waals surface area contributed by atoms with E-state index in [1.807, 2.05) is 117 Å². The van der Waals surface area contributed by atoms with E-state index in [2.05, 4.69) is 41.7 Å². The van der Waals surface area contributed by atoms with Crippen LogP contribution >= 0.6 is 186 Å². The molecule has 5 N–H and O–H groups in total. The predicted octanol–water partition coefficient (Wildman–Crippen LogP) is 21.9. The Labute approximate surface area is 858 Å². The van der Waals surface area contributed by atoms with Crippen LogP contribution in [0.25, 0.3) is 4.85 Å². The van der Waals surface area contributed by atoms with Crippen LogP contribution in [0.2, 0.25) is 70.3 Å². The fourth-order valence-corrected chi connectivity index (χ4v) is 16.7. The van der Waals surface area contributed by atoms with Gasteiger partial charge in [-0.3, -0.25) is 24.4 Å². The van der Waals surface area contributed by atoms with E-state index in [4.69, 9.17) is 221 Å². The van der Waals surface area contributed by atoms with Gasteiger partial charge in [-0.05, 0) is 191 Å². The van der Waals surface area contributed by atoms with Gasteiger partial charge < -0.3 is 60.7 Å². The Morgan fingerprint density at radius 3 is 1.28 bits per heavy atom. The summed E-state index contributed by atoms with van der Waals surface area (Å²) in [4.78, 5) is 26.3. The number of aliphatic hydroxyl groups excluding tert-OH is 4. The molecule has 128 heavy (non-hydrogen) atoms. The van der Waals surface area contributed by atoms with Crippen LogP contribution in [0.4, 0.5) is 21.5 Å². The minimum atomic E-state index is -0.749. The van der Waals surface area contributed by atoms with Crippen LogP contribution in [0.5, 0.6) is 0 Å². The molecule has 9 aromatic carbocycles. The molecular weight excluding hydrogens is 1990 g/mol. The number of piperazine rings is 2. The van der Waals surface area contributed by atoms with Crippen LogP contribution in [0.15, 0.2) is 182 Å². The summed E-state index contributed by atoms with van der Waals surface area (Å²) < 4.78 is 37.5. The summed E-state index contributed by atoms with van der Waals surface area (Å²) in [7, 11) is 16.3. The zero-order valence-corrected chi connectivity index (χ0v) is 85.2. The van der Waals surface area contributed by atoms with Gasteiger partial charge in [-0.1, -0.05) is 220 Å². The number of hydrogen-bond donors (Lipinski definition) is 5. The van der Waals surface area contributed by atoms with Gasteiger partial charge in [0.1, 0.15) is 11.9 Å². The second-order valence-electron chi connectivity index (χ2n) is 28.7. The molecule has 0 aromatic heterocycles. The van der Waals surface area contributed by atoms with E-state index < -0.39 is 6.10 Å². The Morgan fingerprint density at radius 2 is 0.914 bits per heavy atom. The number of halogens is 17. The van der Waals surface area contributed by atoms with Crippen molar-refractivity contribution >= 4 is 209 Å². The van der Waals surface area contributed by atoms with Gasteiger partial charge in [-0.25, -0.2) is 9.24 Å². The van der Waals surface area contributed by atoms with Crippen LogP contribution in [-0.2, 0) is 23.7 Å². The Bertz CT molecular complexity index is 4660. The Kier molecular flexibility index (Phi) is 61.1. The van der Waals surface area contributed by atoms with E-state index >= 15 is 0 Å². The molecule has 18 nitrogen and oxygen atoms in total. The first-order valence-electron chi connectivity index (χ1n) is 38.7. The summed E-state index contributed by atoms with van der Waals surface area (Å²) in [5.74, 6) is 0.185. The number of alkyl halides is 2. The molecule has 9 aromatic rings. The number of nitrogens with zero attached hydrogens (tertiary/aromatic N) is 7. The standard InChI is InChI=1S/C19H21Cl3N2O.C18H19Cl3N2O.C13H17Cl4NO.C13H19Cl2NO3.C8H6Cl2O.C7H4Cl2O.C7H4FN.C5H13NO2.2CH4.Na.H/c1-23-11-19(17-8-5-14(21)9-18(17)22)24(10-16(23)12-25-2)15-6-3-13(20)4-7-15;1-22-10-18(16-7-4-13(20)8-17(16)21)23(9-15(22)11-24)14-5-2-12(19)3-6-14;1-18(10(6-14)8-19-2)7-13(17)11-4-3-9(15)5-12(11)16;1-16(10(7-17)8-19-2)6-13(18)11-4-3-9(14)5-12(11)15;9-5-1-2-6(7(10)3-5)8-4-11-8;8-6-2-1-5(4-10)7(9)3-6;1-9-7-4-2-6(8)3-5-7;1-6-5(3-7)4-8-2;;;;/h3-9,16,19H,10-12H2,1-2H3;2-8,15,18,24H,9-11H2,1H3;3-5,10,13H,6-8H2,1-2H3;3-5,10,13,17-18H,6-8H2,1-2H3;1-3,8H,4H2;1-4H;2-5H;5-7H,3-4H2,1-2H3;2*1H4;;/q;;;;;;;;;;+1;-1/t16-,19-;15-,18-;;;;;;;;;;/m11........../s1. The number of epoxide rings is 1. The maximum atomic E-state index is 12.1. The predicted molar refractivity (Wildman–Crippen MR) is 535 cm³/mol. The summed E-state index contributed by atoms with van der Waals surface area (Å²) in [6.45, 7) is 13.8. The maximum Gasteiger partial charge on any atom is 1.00 e. The fraction of sp³-hybridized carbons (Fsp3) is 0.391. The van der Waals surface area contributed by atoms with Crippen molar-refractivity contribution in [2.24, 2.45) is 0 Å². The number of likely N-dealkylation sites (N-methyl/N-ethyl adjacent to an activating group) is 5. The van der Waals surface area contributed by atoms with Crippen molar-refractivity contribution in [1.82, 2.24) is 24.9 Å². The van der Waals surface area contributed by atoms with Crippen molar-refractivity contribution < 1.29 is 84.3 Å². The molecule has 10 atom stereocenters. The minimum Gasteiger partial charge on any atom is -1.00 e. The average Bonchev–Trinajstić information content (AvgIpc) is 1.61. The second kappa shape index (κ2) is 64.7. The molecule has 3 saturated heterocycles. The molecule has 3 fully saturated rings. The van der Waals surface area contributed by atoms with Gasteiger partial charge in [0.15, 0.2) is 12.0 Å². The molecule has 0 bridgehead atoms. The first kappa shape index (κ1) is 121. The molecule has 3 aliphatic heterocycles. The number of anilines is 2. The van der Waals surface area contributed by atoms with Gasteiger partial charge in [-0.15, -0.1) is 23.2 Å². The second-order valence-corrected chi connectivity index (χ2v) is 35.4. The van der Waals surface area contributed by atoms with E-state index in [1.54, 1.807) is 96.2 Å². The van der Waals surface area contributed by atoms with Gasteiger partial charge in [0.2, 0.25) is 0 Å². The van der Waals surface area contributed by atoms with E-state index in [0.29, 0.717) is 146 Å². The number of aliphatic hydroxyl groups is 4. The number of ether oxygens (including phenoxy) is 5. The molecule has 0 radical (unpaired) electrons. The SMILES string of the molecule is C.C.CN1C[C@H](c2ccc(Cl)cc2Cl)N(c2ccc(Cl)cc2)C[C@@H]1CO.CNC(CO)COC.COCC(CCl)N(C)CC(Cl)c1ccc(Cl)cc1Cl.COCC(CO)N(C)CC(O)c1ccc(Cl)cc1Cl.COC[C@H]1CN(c2ccc(Cl)cc2)[C@@H](c2ccc(Cl)cc2Cl)CN1C.Clc1ccc(C2CO2)c(Cl)c1.O=Cc1ccc(Cl)cc1Cl.[C-]#[N+]c1ccc(F)cc1.[H-].[Na+]. The van der Waals surface area contributed by atoms with Crippen LogP contribution in [-0.4, -0.2) is 238 Å². The van der Waals surface area contributed by atoms with Crippen LogP contribution in [0, 0.1) is 12.4 Å². The Hall–Kier alpha value is -3.25. The first-order valence-corrected chi connectivity index (χ1v) is 45.0. The summed E-state index contributed by atoms with van der Waals surface area (Å²) in [5, 5.41) is 48.8. The van der Waals surface area contributed by atoms with E-state index in [-0.39, 0.29) is 119 Å². The average molecular weight is 2100 g/mol. The van der Waals surface area contributed by atoms with Crippen molar-refractivity contribution in [2.75, 3.05) is 171 Å². The molecule has 3 heterocycles. The van der Waals surface area contributed by atoms with E-state index in [0.717, 1.165) is 64.9 Å². The van der Waals surface area contributed by atoms with Crippen molar-refractivity contribution in [3.05, 3.63) is 303 Å². The number of hydrogen-bond acceptors (Lipinski definition) is 17. The molecule has 36 heteroatoms. The van der Waals surface area contributed by atoms with Crippen LogP contribution in [0.1, 0.15) is 84.1 Å². The molecular formula is C92H112Cl16FN8NaO10. The van der Waals surface area contributed by atoms with Gasteiger partial charge in [0.05, 0.1) is 112 Å². The van der Waals surface area contributed by atoms with Crippen molar-refractivity contribution in [2.45, 2.75) is 74.7 Å². The fourth-order valence-electron chi connectivity index (χ4n) is 12.6. The number of nitrogens with one attached hydrogen (secondary N) is 1. The molecule has 3 aliphatic rings. The molecule has 0 aliphatic carbocycles. The molecule has 0 spiro atoms. The van der Waals surface area contributed by atoms with Gasteiger partial charge >= 0.3 is 29.6 Å². The molecule has 0 amide bonds. The zero-order valence-electron chi connectivity index (χ0n) is 72.1. The van der Waals surface area contributed by atoms with Gasteiger partial charge in [0, 0.05) is 173 Å². The largest absolute Gasteiger partial charge is 1.00 e. The quantitative estimate of drug-likeness (QED) is 0.0108. The number of carbonyl (C=O) groups excluding carboxylic acids is 1. The number of benzene rings is 9. The van der Waals surface area contributed by atoms with Crippen LogP contribution in [0.3, 0.4) is 0 Å². The number of carbonyl (C=O) groups is 1. The summed E-state index contributed by atoms with van der Waals surface area (Å²) in [6.07, 6.45) is 0.152. The molecule has 12 rings (SSSR count). The molecule has 6 unspecified atom stereocenters. The van der Waals surface area contributed by atoms with Crippen LogP contribution < -0.4 is 44.7 Å². The molecule has 700 valence electrons. The van der Waals surface area contributed by atoms with Crippen molar-refractivity contribution in [3.63, 3.8) is 0 Å². The van der Waals surface area contributed by atoms with Gasteiger partial charge in [0.25, 0.3) is 0 Å². The topological polar surface area (TPSA) is 183 Å². The van der Waals surface area contributed by atoms with Crippen molar-refractivity contribution in [1.29, 1.82) is 0 Å². The maximum absolute atomic E-state index is 12.1. The monoisotopic (exact) mass is 2090 g/mol. The Morgan fingerprint density at radius 1 is 0.523 bits per heavy atom. The van der Waals surface area contributed by atoms with E-state index in [9.17, 15) is 24.5 Å². The van der Waals surface area contributed by atoms with Gasteiger partial charge in [-0.2, -0.15) is 0 Å². The number of rotatable bonds is 27. The van der Waals surface area contributed by atoms with Crippen molar-refractivity contribution in [3.8, 4) is 0 Å².